The summed E-state index contributed by atoms with van der Waals surface area (Å²) in [7, 11) is 0. The Labute approximate surface area is 70.8 Å². The first-order valence-corrected chi connectivity index (χ1v) is 4.73. The molecule has 0 bridgehead atoms. The second kappa shape index (κ2) is 6.66. The van der Waals surface area contributed by atoms with E-state index in [9.17, 15) is 5.11 Å². The maximum atomic E-state index is 9.48. The highest BCUT2D eigenvalue weighted by molar-refractivity contribution is 4.68. The quantitative estimate of drug-likeness (QED) is 0.628. The van der Waals surface area contributed by atoms with Crippen LogP contribution < -0.4 is 0 Å². The minimum Gasteiger partial charge on any atom is -0.393 e. The van der Waals surface area contributed by atoms with Gasteiger partial charge in [-0.25, -0.2) is 0 Å². The van der Waals surface area contributed by atoms with Gasteiger partial charge in [-0.2, -0.15) is 0 Å². The van der Waals surface area contributed by atoms with Crippen molar-refractivity contribution in [3.8, 4) is 0 Å². The third kappa shape index (κ3) is 4.41. The molecule has 11 heavy (non-hydrogen) atoms. The van der Waals surface area contributed by atoms with Crippen LogP contribution in [0.1, 0.15) is 46.0 Å². The van der Waals surface area contributed by atoms with Gasteiger partial charge in [0.25, 0.3) is 0 Å². The van der Waals surface area contributed by atoms with E-state index in [0.29, 0.717) is 12.3 Å². The Morgan fingerprint density at radius 3 is 2.36 bits per heavy atom. The molecule has 0 saturated carbocycles. The molecule has 0 saturated heterocycles. The fraction of sp³-hybridized carbons (Fsp3) is 0.900. The summed E-state index contributed by atoms with van der Waals surface area (Å²) in [6.45, 7) is 8.03. The predicted molar refractivity (Wildman–Crippen MR) is 49.3 cm³/mol. The average molecular weight is 157 g/mol. The molecule has 0 heterocycles. The molecule has 0 aromatic heterocycles. The van der Waals surface area contributed by atoms with E-state index in [2.05, 4.69) is 20.8 Å². The summed E-state index contributed by atoms with van der Waals surface area (Å²) < 4.78 is 0. The van der Waals surface area contributed by atoms with Crippen LogP contribution in [0.4, 0.5) is 0 Å². The van der Waals surface area contributed by atoms with E-state index < -0.39 is 0 Å². The van der Waals surface area contributed by atoms with Gasteiger partial charge in [0, 0.05) is 0 Å². The van der Waals surface area contributed by atoms with E-state index >= 15 is 0 Å². The highest BCUT2D eigenvalue weighted by Gasteiger charge is 2.13. The molecular formula is C10H21O. The molecule has 0 rings (SSSR count). The standard InChI is InChI=1S/C10H21O/c1-4-7-8-9(5-2)10(11)6-3/h9-11H,3-8H2,1-2H3. The minimum atomic E-state index is -0.174. The van der Waals surface area contributed by atoms with Gasteiger partial charge in [-0.15, -0.1) is 0 Å². The zero-order valence-electron chi connectivity index (χ0n) is 7.84. The van der Waals surface area contributed by atoms with Gasteiger partial charge in [-0.1, -0.05) is 40.0 Å². The van der Waals surface area contributed by atoms with Gasteiger partial charge in [0.1, 0.15) is 0 Å². The molecule has 0 aliphatic rings. The summed E-state index contributed by atoms with van der Waals surface area (Å²) >= 11 is 0. The van der Waals surface area contributed by atoms with Crippen LogP contribution in [0.3, 0.4) is 0 Å². The summed E-state index contributed by atoms with van der Waals surface area (Å²) in [5.74, 6) is 0.479. The molecular weight excluding hydrogens is 136 g/mol. The Morgan fingerprint density at radius 1 is 1.36 bits per heavy atom. The van der Waals surface area contributed by atoms with Gasteiger partial charge in [-0.3, -0.25) is 0 Å². The number of aliphatic hydroxyl groups excluding tert-OH is 1. The minimum absolute atomic E-state index is 0.174. The molecule has 0 aliphatic carbocycles. The van der Waals surface area contributed by atoms with E-state index in [1.165, 1.54) is 12.8 Å². The van der Waals surface area contributed by atoms with Gasteiger partial charge in [0.2, 0.25) is 0 Å². The number of rotatable bonds is 6. The van der Waals surface area contributed by atoms with E-state index in [0.717, 1.165) is 12.8 Å². The van der Waals surface area contributed by atoms with Crippen molar-refractivity contribution in [2.24, 2.45) is 5.92 Å². The molecule has 2 atom stereocenters. The SMILES string of the molecule is [CH2]CC(O)C(CC)CCCC. The third-order valence-electron chi connectivity index (χ3n) is 2.29. The van der Waals surface area contributed by atoms with Crippen LogP contribution in [-0.2, 0) is 0 Å². The van der Waals surface area contributed by atoms with E-state index in [4.69, 9.17) is 0 Å². The average Bonchev–Trinajstić information content (AvgIpc) is 2.05. The van der Waals surface area contributed by atoms with Crippen LogP contribution in [0.5, 0.6) is 0 Å². The molecule has 0 aliphatic heterocycles. The van der Waals surface area contributed by atoms with Crippen LogP contribution >= 0.6 is 0 Å². The van der Waals surface area contributed by atoms with Gasteiger partial charge in [0.15, 0.2) is 0 Å². The lowest BCUT2D eigenvalue weighted by Crippen LogP contribution is -2.18. The smallest absolute Gasteiger partial charge is 0.0568 e. The van der Waals surface area contributed by atoms with Crippen molar-refractivity contribution in [1.82, 2.24) is 0 Å². The molecule has 67 valence electrons. The largest absolute Gasteiger partial charge is 0.393 e. The lowest BCUT2D eigenvalue weighted by molar-refractivity contribution is 0.101. The molecule has 0 aromatic rings. The van der Waals surface area contributed by atoms with Gasteiger partial charge in [-0.05, 0) is 18.8 Å². The topological polar surface area (TPSA) is 20.2 Å². The molecule has 1 heteroatoms. The highest BCUT2D eigenvalue weighted by Crippen LogP contribution is 2.18. The molecule has 0 amide bonds. The number of unbranched alkanes of at least 4 members (excludes halogenated alkanes) is 1. The van der Waals surface area contributed by atoms with Crippen molar-refractivity contribution in [2.75, 3.05) is 0 Å². The van der Waals surface area contributed by atoms with E-state index in [-0.39, 0.29) is 6.10 Å². The molecule has 1 nitrogen and oxygen atoms in total. The Bertz CT molecular complexity index is 80.9. The lowest BCUT2D eigenvalue weighted by atomic mass is 9.92. The molecule has 2 unspecified atom stereocenters. The summed E-state index contributed by atoms with van der Waals surface area (Å²) in [5.41, 5.74) is 0. The summed E-state index contributed by atoms with van der Waals surface area (Å²) in [6.07, 6.45) is 5.17. The summed E-state index contributed by atoms with van der Waals surface area (Å²) in [4.78, 5) is 0. The second-order valence-corrected chi connectivity index (χ2v) is 3.17. The normalized spacial score (nSPS) is 16.4. The Kier molecular flexibility index (Phi) is 6.63. The van der Waals surface area contributed by atoms with Crippen molar-refractivity contribution in [3.05, 3.63) is 6.92 Å². The molecule has 0 aromatic carbocycles. The zero-order chi connectivity index (χ0) is 8.69. The van der Waals surface area contributed by atoms with Crippen molar-refractivity contribution in [3.63, 3.8) is 0 Å². The predicted octanol–water partition coefficient (Wildman–Crippen LogP) is 2.79. The van der Waals surface area contributed by atoms with Gasteiger partial charge >= 0.3 is 0 Å². The maximum absolute atomic E-state index is 9.48. The fourth-order valence-electron chi connectivity index (χ4n) is 1.37. The van der Waals surface area contributed by atoms with Gasteiger partial charge < -0.3 is 5.11 Å². The van der Waals surface area contributed by atoms with Crippen LogP contribution in [-0.4, -0.2) is 11.2 Å². The molecule has 0 spiro atoms. The van der Waals surface area contributed by atoms with Crippen molar-refractivity contribution >= 4 is 0 Å². The molecule has 0 fully saturated rings. The second-order valence-electron chi connectivity index (χ2n) is 3.17. The molecule has 1 radical (unpaired) electrons. The van der Waals surface area contributed by atoms with Gasteiger partial charge in [0.05, 0.1) is 6.10 Å². The lowest BCUT2D eigenvalue weighted by Gasteiger charge is -2.19. The van der Waals surface area contributed by atoms with Crippen molar-refractivity contribution in [2.45, 2.75) is 52.1 Å². The number of aliphatic hydroxyl groups is 1. The molecule has 1 N–H and O–H groups in total. The van der Waals surface area contributed by atoms with E-state index in [1.807, 2.05) is 0 Å². The van der Waals surface area contributed by atoms with Crippen molar-refractivity contribution < 1.29 is 5.11 Å². The Balaban J connectivity index is 3.56. The number of hydrogen-bond acceptors (Lipinski definition) is 1. The third-order valence-corrected chi connectivity index (χ3v) is 2.29. The van der Waals surface area contributed by atoms with Crippen LogP contribution in [0.25, 0.3) is 0 Å². The summed E-state index contributed by atoms with van der Waals surface area (Å²) in [6, 6.07) is 0. The first-order chi connectivity index (χ1) is 5.26. The highest BCUT2D eigenvalue weighted by atomic mass is 16.3. The van der Waals surface area contributed by atoms with E-state index in [1.54, 1.807) is 0 Å². The van der Waals surface area contributed by atoms with Crippen LogP contribution in [0.2, 0.25) is 0 Å². The summed E-state index contributed by atoms with van der Waals surface area (Å²) in [5, 5.41) is 9.48. The fourth-order valence-corrected chi connectivity index (χ4v) is 1.37. The Morgan fingerprint density at radius 2 is 2.00 bits per heavy atom. The first-order valence-electron chi connectivity index (χ1n) is 4.73. The Hall–Kier alpha value is -0.0400. The van der Waals surface area contributed by atoms with Crippen molar-refractivity contribution in [1.29, 1.82) is 0 Å². The van der Waals surface area contributed by atoms with Crippen LogP contribution in [0.15, 0.2) is 0 Å². The monoisotopic (exact) mass is 157 g/mol. The zero-order valence-corrected chi connectivity index (χ0v) is 7.84. The number of hydrogen-bond donors (Lipinski definition) is 1. The maximum Gasteiger partial charge on any atom is 0.0568 e. The first kappa shape index (κ1) is 11.0. The van der Waals surface area contributed by atoms with Crippen LogP contribution in [0, 0.1) is 12.8 Å².